The first-order valence-corrected chi connectivity index (χ1v) is 9.41. The minimum Gasteiger partial charge on any atom is -0.496 e. The third kappa shape index (κ3) is 5.16. The smallest absolute Gasteiger partial charge is 0.223 e. The van der Waals surface area contributed by atoms with Gasteiger partial charge in [0.15, 0.2) is 0 Å². The quantitative estimate of drug-likeness (QED) is 0.765. The minimum atomic E-state index is -0.370. The summed E-state index contributed by atoms with van der Waals surface area (Å²) < 4.78 is 5.52. The van der Waals surface area contributed by atoms with Crippen molar-refractivity contribution in [2.75, 3.05) is 7.11 Å². The first kappa shape index (κ1) is 21.5. The van der Waals surface area contributed by atoms with E-state index in [0.717, 1.165) is 42.6 Å². The van der Waals surface area contributed by atoms with Gasteiger partial charge in [-0.05, 0) is 37.0 Å². The maximum absolute atomic E-state index is 13.0. The zero-order valence-corrected chi connectivity index (χ0v) is 16.9. The lowest BCUT2D eigenvalue weighted by molar-refractivity contribution is -0.126. The topological polar surface area (TPSA) is 64.3 Å². The van der Waals surface area contributed by atoms with E-state index in [1.807, 2.05) is 48.5 Å². The van der Waals surface area contributed by atoms with Crippen LogP contribution in [-0.2, 0) is 4.79 Å². The van der Waals surface area contributed by atoms with Crippen LogP contribution in [0.15, 0.2) is 48.5 Å². The highest BCUT2D eigenvalue weighted by Crippen LogP contribution is 2.34. The fourth-order valence-corrected chi connectivity index (χ4v) is 3.91. The molecule has 6 heteroatoms. The molecule has 2 aromatic carbocycles. The molecule has 0 aromatic heterocycles. The van der Waals surface area contributed by atoms with Crippen molar-refractivity contribution in [3.8, 4) is 5.75 Å². The van der Waals surface area contributed by atoms with Gasteiger partial charge in [-0.3, -0.25) is 4.79 Å². The lowest BCUT2D eigenvalue weighted by Gasteiger charge is -2.29. The molecule has 3 N–H and O–H groups in total. The molecule has 1 amide bonds. The van der Waals surface area contributed by atoms with Crippen LogP contribution >= 0.6 is 24.0 Å². The van der Waals surface area contributed by atoms with E-state index in [9.17, 15) is 4.79 Å². The summed E-state index contributed by atoms with van der Waals surface area (Å²) in [5, 5.41) is 3.81. The number of para-hydroxylation sites is 1. The third-order valence-corrected chi connectivity index (χ3v) is 5.38. The van der Waals surface area contributed by atoms with Crippen molar-refractivity contribution < 1.29 is 9.53 Å². The van der Waals surface area contributed by atoms with Crippen LogP contribution in [0.3, 0.4) is 0 Å². The first-order valence-electron chi connectivity index (χ1n) is 9.03. The Balaban J connectivity index is 0.00000261. The number of rotatable bonds is 5. The SMILES string of the molecule is COc1ccccc1C(NC(=O)C1CCCC(N)C1)c1ccccc1Cl.Cl. The van der Waals surface area contributed by atoms with Gasteiger partial charge in [0.05, 0.1) is 13.2 Å². The largest absolute Gasteiger partial charge is 0.496 e. The molecule has 0 radical (unpaired) electrons. The minimum absolute atomic E-state index is 0. The number of halogens is 2. The summed E-state index contributed by atoms with van der Waals surface area (Å²) in [5.41, 5.74) is 7.80. The van der Waals surface area contributed by atoms with Crippen molar-refractivity contribution in [1.29, 1.82) is 0 Å². The Hall–Kier alpha value is -1.75. The van der Waals surface area contributed by atoms with Crippen LogP contribution in [-0.4, -0.2) is 19.1 Å². The molecule has 0 aliphatic heterocycles. The number of carbonyl (C=O) groups excluding carboxylic acids is 1. The van der Waals surface area contributed by atoms with Crippen LogP contribution < -0.4 is 15.8 Å². The lowest BCUT2D eigenvalue weighted by atomic mass is 9.85. The summed E-state index contributed by atoms with van der Waals surface area (Å²) in [4.78, 5) is 13.0. The summed E-state index contributed by atoms with van der Waals surface area (Å²) in [7, 11) is 1.63. The van der Waals surface area contributed by atoms with Crippen LogP contribution in [0.2, 0.25) is 5.02 Å². The molecule has 1 saturated carbocycles. The van der Waals surface area contributed by atoms with Crippen LogP contribution in [0.1, 0.15) is 42.9 Å². The van der Waals surface area contributed by atoms with Gasteiger partial charge >= 0.3 is 0 Å². The van der Waals surface area contributed by atoms with Gasteiger partial charge in [-0.2, -0.15) is 0 Å². The Morgan fingerprint density at radius 2 is 1.81 bits per heavy atom. The maximum atomic E-state index is 13.0. The average Bonchev–Trinajstić information content (AvgIpc) is 2.66. The summed E-state index contributed by atoms with van der Waals surface area (Å²) in [6.07, 6.45) is 3.59. The molecule has 0 bridgehead atoms. The predicted octanol–water partition coefficient (Wildman–Crippen LogP) is 4.49. The van der Waals surface area contributed by atoms with Crippen molar-refractivity contribution in [3.63, 3.8) is 0 Å². The van der Waals surface area contributed by atoms with E-state index in [1.54, 1.807) is 7.11 Å². The number of hydrogen-bond donors (Lipinski definition) is 2. The monoisotopic (exact) mass is 408 g/mol. The van der Waals surface area contributed by atoms with Crippen molar-refractivity contribution in [2.45, 2.75) is 37.8 Å². The summed E-state index contributed by atoms with van der Waals surface area (Å²) >= 11 is 6.44. The van der Waals surface area contributed by atoms with Crippen molar-refractivity contribution in [2.24, 2.45) is 11.7 Å². The van der Waals surface area contributed by atoms with Gasteiger partial charge < -0.3 is 15.8 Å². The number of amides is 1. The number of hydrogen-bond acceptors (Lipinski definition) is 3. The summed E-state index contributed by atoms with van der Waals surface area (Å²) in [6, 6.07) is 15.0. The zero-order valence-electron chi connectivity index (χ0n) is 15.4. The van der Waals surface area contributed by atoms with Gasteiger partial charge in [0.2, 0.25) is 5.91 Å². The fraction of sp³-hybridized carbons (Fsp3) is 0.381. The van der Waals surface area contributed by atoms with E-state index >= 15 is 0 Å². The van der Waals surface area contributed by atoms with E-state index in [1.165, 1.54) is 0 Å². The molecule has 0 heterocycles. The van der Waals surface area contributed by atoms with E-state index in [-0.39, 0.29) is 36.3 Å². The van der Waals surface area contributed by atoms with Gasteiger partial charge in [-0.15, -0.1) is 12.4 Å². The van der Waals surface area contributed by atoms with Gasteiger partial charge in [-0.1, -0.05) is 54.4 Å². The molecule has 4 nitrogen and oxygen atoms in total. The fourth-order valence-electron chi connectivity index (χ4n) is 3.66. The van der Waals surface area contributed by atoms with Crippen LogP contribution in [0.25, 0.3) is 0 Å². The Kier molecular flexibility index (Phi) is 7.96. The van der Waals surface area contributed by atoms with E-state index < -0.39 is 0 Å². The zero-order chi connectivity index (χ0) is 18.5. The average molecular weight is 409 g/mol. The standard InChI is InChI=1S/C21H25ClN2O2.ClH/c1-26-19-12-5-3-10-17(19)20(16-9-2-4-11-18(16)22)24-21(25)14-7-6-8-15(23)13-14;/h2-5,9-12,14-15,20H,6-8,13,23H2,1H3,(H,24,25);1H. The molecular weight excluding hydrogens is 383 g/mol. The Morgan fingerprint density at radius 1 is 1.15 bits per heavy atom. The highest BCUT2D eigenvalue weighted by atomic mass is 35.5. The van der Waals surface area contributed by atoms with Crippen molar-refractivity contribution in [1.82, 2.24) is 5.32 Å². The second kappa shape index (κ2) is 9.98. The van der Waals surface area contributed by atoms with Gasteiger partial charge in [-0.25, -0.2) is 0 Å². The highest BCUT2D eigenvalue weighted by molar-refractivity contribution is 6.31. The second-order valence-electron chi connectivity index (χ2n) is 6.83. The highest BCUT2D eigenvalue weighted by Gasteiger charge is 2.29. The molecule has 146 valence electrons. The molecule has 3 rings (SSSR count). The normalized spacial score (nSPS) is 20.3. The molecule has 3 unspecified atom stereocenters. The Labute approximate surface area is 171 Å². The molecule has 0 saturated heterocycles. The van der Waals surface area contributed by atoms with E-state index in [2.05, 4.69) is 5.32 Å². The Morgan fingerprint density at radius 3 is 2.48 bits per heavy atom. The molecule has 3 atom stereocenters. The third-order valence-electron chi connectivity index (χ3n) is 5.04. The lowest BCUT2D eigenvalue weighted by Crippen LogP contribution is -2.39. The van der Waals surface area contributed by atoms with Crippen LogP contribution in [0.5, 0.6) is 5.75 Å². The van der Waals surface area contributed by atoms with Crippen molar-refractivity contribution in [3.05, 3.63) is 64.7 Å². The van der Waals surface area contributed by atoms with E-state index in [4.69, 9.17) is 22.1 Å². The number of ether oxygens (including phenoxy) is 1. The number of methoxy groups -OCH3 is 1. The van der Waals surface area contributed by atoms with Crippen molar-refractivity contribution >= 4 is 29.9 Å². The maximum Gasteiger partial charge on any atom is 0.223 e. The molecule has 1 fully saturated rings. The first-order chi connectivity index (χ1) is 12.6. The number of nitrogens with one attached hydrogen (secondary N) is 1. The predicted molar refractivity (Wildman–Crippen MR) is 112 cm³/mol. The molecule has 1 aliphatic carbocycles. The van der Waals surface area contributed by atoms with Crippen LogP contribution in [0, 0.1) is 5.92 Å². The molecule has 1 aliphatic rings. The molecular formula is C21H26Cl2N2O2. The molecule has 27 heavy (non-hydrogen) atoms. The second-order valence-corrected chi connectivity index (χ2v) is 7.24. The summed E-state index contributed by atoms with van der Waals surface area (Å²) in [5.74, 6) is 0.687. The molecule has 2 aromatic rings. The molecule has 0 spiro atoms. The van der Waals surface area contributed by atoms with Gasteiger partial charge in [0.25, 0.3) is 0 Å². The number of carbonyl (C=O) groups is 1. The Bertz CT molecular complexity index is 769. The van der Waals surface area contributed by atoms with E-state index in [0.29, 0.717) is 5.02 Å². The number of nitrogens with two attached hydrogens (primary N) is 1. The van der Waals surface area contributed by atoms with Gasteiger partial charge in [0.1, 0.15) is 5.75 Å². The summed E-state index contributed by atoms with van der Waals surface area (Å²) in [6.45, 7) is 0. The van der Waals surface area contributed by atoms with Gasteiger partial charge in [0, 0.05) is 22.5 Å². The number of benzene rings is 2. The van der Waals surface area contributed by atoms with Crippen LogP contribution in [0.4, 0.5) is 0 Å².